The van der Waals surface area contributed by atoms with Gasteiger partial charge in [0.15, 0.2) is 6.61 Å². The Morgan fingerprint density at radius 3 is 2.76 bits per heavy atom. The standard InChI is InChI=1S/C13H17N5O3/c1-9(2)18-11(4-5-14-18)16-12(19)8-21-13(20)10-6-15-17(3)7-10/h4-7,9H,8H2,1-3H3,(H,16,19). The molecule has 0 radical (unpaired) electrons. The van der Waals surface area contributed by atoms with E-state index in [-0.39, 0.29) is 12.6 Å². The van der Waals surface area contributed by atoms with E-state index >= 15 is 0 Å². The maximum absolute atomic E-state index is 11.8. The van der Waals surface area contributed by atoms with E-state index in [1.807, 2.05) is 13.8 Å². The predicted octanol–water partition coefficient (Wildman–Crippen LogP) is 0.993. The van der Waals surface area contributed by atoms with E-state index < -0.39 is 11.9 Å². The molecule has 0 atom stereocenters. The van der Waals surface area contributed by atoms with Gasteiger partial charge in [0.2, 0.25) is 0 Å². The predicted molar refractivity (Wildman–Crippen MR) is 74.7 cm³/mol. The first-order valence-corrected chi connectivity index (χ1v) is 6.46. The molecular weight excluding hydrogens is 274 g/mol. The second-order valence-corrected chi connectivity index (χ2v) is 4.78. The topological polar surface area (TPSA) is 91.0 Å². The number of nitrogens with one attached hydrogen (secondary N) is 1. The van der Waals surface area contributed by atoms with Gasteiger partial charge in [-0.3, -0.25) is 9.48 Å². The molecule has 2 aromatic rings. The molecule has 0 saturated heterocycles. The van der Waals surface area contributed by atoms with Crippen molar-refractivity contribution in [1.29, 1.82) is 0 Å². The van der Waals surface area contributed by atoms with Gasteiger partial charge in [0.05, 0.1) is 18.0 Å². The number of esters is 1. The van der Waals surface area contributed by atoms with Crippen LogP contribution in [0, 0.1) is 0 Å². The lowest BCUT2D eigenvalue weighted by Gasteiger charge is -2.11. The molecular formula is C13H17N5O3. The summed E-state index contributed by atoms with van der Waals surface area (Å²) in [5.74, 6) is -0.447. The van der Waals surface area contributed by atoms with Crippen LogP contribution in [0.15, 0.2) is 24.7 Å². The van der Waals surface area contributed by atoms with Crippen LogP contribution in [-0.2, 0) is 16.6 Å². The SMILES string of the molecule is CC(C)n1nccc1NC(=O)COC(=O)c1cnn(C)c1. The summed E-state index contributed by atoms with van der Waals surface area (Å²) < 4.78 is 8.07. The summed E-state index contributed by atoms with van der Waals surface area (Å²) >= 11 is 0. The van der Waals surface area contributed by atoms with Crippen LogP contribution in [0.5, 0.6) is 0 Å². The quantitative estimate of drug-likeness (QED) is 0.830. The van der Waals surface area contributed by atoms with Crippen molar-refractivity contribution in [2.75, 3.05) is 11.9 Å². The zero-order valence-corrected chi connectivity index (χ0v) is 12.1. The summed E-state index contributed by atoms with van der Waals surface area (Å²) in [7, 11) is 1.69. The molecule has 0 aliphatic rings. The van der Waals surface area contributed by atoms with Crippen LogP contribution < -0.4 is 5.32 Å². The molecule has 0 aromatic carbocycles. The molecule has 1 amide bonds. The fourth-order valence-corrected chi connectivity index (χ4v) is 1.74. The number of nitrogens with zero attached hydrogens (tertiary/aromatic N) is 4. The highest BCUT2D eigenvalue weighted by atomic mass is 16.5. The Bertz CT molecular complexity index is 644. The molecule has 2 heterocycles. The lowest BCUT2D eigenvalue weighted by atomic mass is 10.4. The Morgan fingerprint density at radius 2 is 2.14 bits per heavy atom. The van der Waals surface area contributed by atoms with Gasteiger partial charge in [0.1, 0.15) is 5.82 Å². The van der Waals surface area contributed by atoms with Gasteiger partial charge in [-0.25, -0.2) is 9.48 Å². The first kappa shape index (κ1) is 14.8. The Morgan fingerprint density at radius 1 is 1.38 bits per heavy atom. The third kappa shape index (κ3) is 3.68. The summed E-state index contributed by atoms with van der Waals surface area (Å²) in [6, 6.07) is 1.80. The molecule has 8 nitrogen and oxygen atoms in total. The molecule has 0 fully saturated rings. The number of aryl methyl sites for hydroxylation is 1. The maximum Gasteiger partial charge on any atom is 0.341 e. The highest BCUT2D eigenvalue weighted by molar-refractivity contribution is 5.94. The van der Waals surface area contributed by atoms with Crippen LogP contribution in [0.1, 0.15) is 30.2 Å². The van der Waals surface area contributed by atoms with Gasteiger partial charge < -0.3 is 10.1 Å². The third-order valence-corrected chi connectivity index (χ3v) is 2.70. The van der Waals surface area contributed by atoms with Gasteiger partial charge in [0, 0.05) is 25.4 Å². The van der Waals surface area contributed by atoms with E-state index in [0.717, 1.165) is 0 Å². The highest BCUT2D eigenvalue weighted by Gasteiger charge is 2.13. The first-order valence-electron chi connectivity index (χ1n) is 6.46. The molecule has 2 rings (SSSR count). The summed E-state index contributed by atoms with van der Waals surface area (Å²) in [4.78, 5) is 23.4. The van der Waals surface area contributed by atoms with E-state index in [1.54, 1.807) is 24.0 Å². The zero-order valence-electron chi connectivity index (χ0n) is 12.1. The van der Waals surface area contributed by atoms with Crippen LogP contribution >= 0.6 is 0 Å². The van der Waals surface area contributed by atoms with Crippen LogP contribution in [0.2, 0.25) is 0 Å². The number of aromatic nitrogens is 4. The summed E-state index contributed by atoms with van der Waals surface area (Å²) in [6.07, 6.45) is 4.50. The Labute approximate surface area is 121 Å². The Balaban J connectivity index is 1.87. The lowest BCUT2D eigenvalue weighted by molar-refractivity contribution is -0.119. The van der Waals surface area contributed by atoms with Crippen LogP contribution in [0.3, 0.4) is 0 Å². The number of ether oxygens (including phenoxy) is 1. The molecule has 21 heavy (non-hydrogen) atoms. The highest BCUT2D eigenvalue weighted by Crippen LogP contribution is 2.12. The average molecular weight is 291 g/mol. The van der Waals surface area contributed by atoms with E-state index in [0.29, 0.717) is 11.4 Å². The second-order valence-electron chi connectivity index (χ2n) is 4.78. The third-order valence-electron chi connectivity index (χ3n) is 2.70. The van der Waals surface area contributed by atoms with Crippen LogP contribution in [0.4, 0.5) is 5.82 Å². The monoisotopic (exact) mass is 291 g/mol. The Kier molecular flexibility index (Phi) is 4.36. The van der Waals surface area contributed by atoms with Gasteiger partial charge in [0.25, 0.3) is 5.91 Å². The number of anilines is 1. The lowest BCUT2D eigenvalue weighted by Crippen LogP contribution is -2.23. The van der Waals surface area contributed by atoms with Crippen LogP contribution in [-0.4, -0.2) is 38.0 Å². The average Bonchev–Trinajstić information content (AvgIpc) is 3.05. The normalized spacial score (nSPS) is 10.7. The fraction of sp³-hybridized carbons (Fsp3) is 0.385. The first-order chi connectivity index (χ1) is 9.97. The van der Waals surface area contributed by atoms with Crippen molar-refractivity contribution in [3.8, 4) is 0 Å². The maximum atomic E-state index is 11.8. The molecule has 0 aliphatic heterocycles. The number of hydrogen-bond acceptors (Lipinski definition) is 5. The summed E-state index contributed by atoms with van der Waals surface area (Å²) in [6.45, 7) is 3.53. The van der Waals surface area contributed by atoms with Crippen molar-refractivity contribution in [1.82, 2.24) is 19.6 Å². The molecule has 112 valence electrons. The van der Waals surface area contributed by atoms with Crippen molar-refractivity contribution in [2.24, 2.45) is 7.05 Å². The van der Waals surface area contributed by atoms with Gasteiger partial charge >= 0.3 is 5.97 Å². The van der Waals surface area contributed by atoms with E-state index in [4.69, 9.17) is 4.74 Å². The minimum absolute atomic E-state index is 0.119. The van der Waals surface area contributed by atoms with Gasteiger partial charge in [-0.2, -0.15) is 10.2 Å². The van der Waals surface area contributed by atoms with Gasteiger partial charge in [-0.15, -0.1) is 0 Å². The smallest absolute Gasteiger partial charge is 0.341 e. The molecule has 0 spiro atoms. The van der Waals surface area contributed by atoms with E-state index in [1.165, 1.54) is 17.1 Å². The molecule has 8 heteroatoms. The van der Waals surface area contributed by atoms with Gasteiger partial charge in [-0.05, 0) is 13.8 Å². The van der Waals surface area contributed by atoms with Crippen molar-refractivity contribution in [3.63, 3.8) is 0 Å². The van der Waals surface area contributed by atoms with Gasteiger partial charge in [-0.1, -0.05) is 0 Å². The van der Waals surface area contributed by atoms with E-state index in [2.05, 4.69) is 15.5 Å². The Hall–Kier alpha value is -2.64. The molecule has 0 unspecified atom stereocenters. The van der Waals surface area contributed by atoms with Crippen molar-refractivity contribution >= 4 is 17.7 Å². The summed E-state index contributed by atoms with van der Waals surface area (Å²) in [5, 5.41) is 10.6. The van der Waals surface area contributed by atoms with E-state index in [9.17, 15) is 9.59 Å². The molecule has 0 saturated carbocycles. The molecule has 1 N–H and O–H groups in total. The number of carbonyl (C=O) groups is 2. The van der Waals surface area contributed by atoms with Crippen LogP contribution in [0.25, 0.3) is 0 Å². The minimum atomic E-state index is -0.587. The fourth-order valence-electron chi connectivity index (χ4n) is 1.74. The zero-order chi connectivity index (χ0) is 15.4. The molecule has 0 bridgehead atoms. The van der Waals surface area contributed by atoms with Crippen molar-refractivity contribution in [3.05, 3.63) is 30.2 Å². The molecule has 0 aliphatic carbocycles. The van der Waals surface area contributed by atoms with Crippen molar-refractivity contribution in [2.45, 2.75) is 19.9 Å². The van der Waals surface area contributed by atoms with Crippen molar-refractivity contribution < 1.29 is 14.3 Å². The number of carbonyl (C=O) groups excluding carboxylic acids is 2. The number of hydrogen-bond donors (Lipinski definition) is 1. The summed E-state index contributed by atoms with van der Waals surface area (Å²) in [5.41, 5.74) is 0.303. The second kappa shape index (κ2) is 6.21. The number of rotatable bonds is 5. The largest absolute Gasteiger partial charge is 0.452 e. The molecule has 2 aromatic heterocycles. The minimum Gasteiger partial charge on any atom is -0.452 e. The number of amides is 1.